The van der Waals surface area contributed by atoms with Crippen LogP contribution in [0.5, 0.6) is 0 Å². The molecule has 2 aliphatic heterocycles. The summed E-state index contributed by atoms with van der Waals surface area (Å²) in [5, 5.41) is 3.36. The molecule has 3 rings (SSSR count). The average molecular weight is 370 g/mol. The van der Waals surface area contributed by atoms with Crippen molar-refractivity contribution in [3.05, 3.63) is 33.8 Å². The number of likely N-dealkylation sites (tertiary alicyclic amines) is 1. The summed E-state index contributed by atoms with van der Waals surface area (Å²) < 4.78 is 0. The van der Waals surface area contributed by atoms with Crippen molar-refractivity contribution >= 4 is 41.0 Å². The predicted molar refractivity (Wildman–Crippen MR) is 89.9 cm³/mol. The molecule has 2 heterocycles. The van der Waals surface area contributed by atoms with E-state index in [0.717, 1.165) is 17.7 Å². The fraction of sp³-hybridized carbons (Fsp3) is 0.438. The van der Waals surface area contributed by atoms with Gasteiger partial charge in [-0.3, -0.25) is 14.5 Å². The first-order valence-electron chi connectivity index (χ1n) is 7.70. The lowest BCUT2D eigenvalue weighted by molar-refractivity contribution is -0.138. The van der Waals surface area contributed by atoms with Crippen LogP contribution in [0.25, 0.3) is 0 Å². The molecule has 1 N–H and O–H groups in total. The molecule has 0 bridgehead atoms. The van der Waals surface area contributed by atoms with Crippen LogP contribution in [0, 0.1) is 0 Å². The zero-order chi connectivity index (χ0) is 17.5. The number of rotatable bonds is 3. The van der Waals surface area contributed by atoms with E-state index in [4.69, 9.17) is 23.2 Å². The number of benzene rings is 1. The Bertz CT molecular complexity index is 719. The van der Waals surface area contributed by atoms with Crippen LogP contribution in [-0.2, 0) is 15.1 Å². The van der Waals surface area contributed by atoms with Gasteiger partial charge < -0.3 is 10.2 Å². The number of hydrogen-bond acceptors (Lipinski definition) is 3. The molecule has 2 aliphatic rings. The topological polar surface area (TPSA) is 69.7 Å². The molecule has 1 aromatic carbocycles. The van der Waals surface area contributed by atoms with Crippen molar-refractivity contribution < 1.29 is 14.4 Å². The zero-order valence-corrected chi connectivity index (χ0v) is 14.7. The quantitative estimate of drug-likeness (QED) is 0.831. The smallest absolute Gasteiger partial charge is 0.325 e. The Morgan fingerprint density at radius 1 is 1.25 bits per heavy atom. The SMILES string of the molecule is C[C@@]1(c2ccc(Cl)cc2Cl)NC(=O)N(CC(=O)N2CCCC2)C1=O. The highest BCUT2D eigenvalue weighted by molar-refractivity contribution is 6.35. The summed E-state index contributed by atoms with van der Waals surface area (Å²) in [6, 6.07) is 4.13. The first-order valence-corrected chi connectivity index (χ1v) is 8.46. The number of amides is 4. The van der Waals surface area contributed by atoms with E-state index in [0.29, 0.717) is 23.7 Å². The highest BCUT2D eigenvalue weighted by Crippen LogP contribution is 2.34. The third-order valence-electron chi connectivity index (χ3n) is 4.50. The molecule has 0 aromatic heterocycles. The van der Waals surface area contributed by atoms with Gasteiger partial charge in [0.1, 0.15) is 12.1 Å². The molecule has 2 saturated heterocycles. The molecule has 0 radical (unpaired) electrons. The Hall–Kier alpha value is -1.79. The molecular weight excluding hydrogens is 353 g/mol. The van der Waals surface area contributed by atoms with E-state index in [9.17, 15) is 14.4 Å². The lowest BCUT2D eigenvalue weighted by Gasteiger charge is -2.24. The Labute approximate surface area is 149 Å². The fourth-order valence-electron chi connectivity index (χ4n) is 3.12. The van der Waals surface area contributed by atoms with Crippen molar-refractivity contribution in [2.45, 2.75) is 25.3 Å². The van der Waals surface area contributed by atoms with Crippen LogP contribution in [0.15, 0.2) is 18.2 Å². The van der Waals surface area contributed by atoms with Gasteiger partial charge >= 0.3 is 6.03 Å². The van der Waals surface area contributed by atoms with E-state index in [-0.39, 0.29) is 17.5 Å². The van der Waals surface area contributed by atoms with E-state index in [1.165, 1.54) is 6.07 Å². The van der Waals surface area contributed by atoms with Gasteiger partial charge in [0.2, 0.25) is 5.91 Å². The minimum absolute atomic E-state index is 0.220. The molecule has 0 aliphatic carbocycles. The highest BCUT2D eigenvalue weighted by atomic mass is 35.5. The third-order valence-corrected chi connectivity index (χ3v) is 5.04. The summed E-state index contributed by atoms with van der Waals surface area (Å²) in [5.74, 6) is -0.716. The van der Waals surface area contributed by atoms with E-state index >= 15 is 0 Å². The number of urea groups is 1. The first kappa shape index (κ1) is 17.0. The second kappa shape index (κ2) is 6.26. The Kier molecular flexibility index (Phi) is 4.44. The van der Waals surface area contributed by atoms with Crippen LogP contribution in [0.4, 0.5) is 4.79 Å². The van der Waals surface area contributed by atoms with Crippen molar-refractivity contribution in [1.29, 1.82) is 0 Å². The Morgan fingerprint density at radius 2 is 1.92 bits per heavy atom. The summed E-state index contributed by atoms with van der Waals surface area (Å²) in [7, 11) is 0. The van der Waals surface area contributed by atoms with Gasteiger partial charge in [-0.15, -0.1) is 0 Å². The number of imide groups is 1. The Balaban J connectivity index is 1.83. The largest absolute Gasteiger partial charge is 0.341 e. The number of nitrogens with zero attached hydrogens (tertiary/aromatic N) is 2. The summed E-state index contributed by atoms with van der Waals surface area (Å²) in [4.78, 5) is 39.9. The molecule has 0 unspecified atom stereocenters. The summed E-state index contributed by atoms with van der Waals surface area (Å²) >= 11 is 12.1. The summed E-state index contributed by atoms with van der Waals surface area (Å²) in [6.45, 7) is 2.65. The minimum Gasteiger partial charge on any atom is -0.341 e. The number of halogens is 2. The van der Waals surface area contributed by atoms with Gasteiger partial charge in [-0.2, -0.15) is 0 Å². The molecule has 1 aromatic rings. The van der Waals surface area contributed by atoms with E-state index in [1.807, 2.05) is 0 Å². The lowest BCUT2D eigenvalue weighted by Crippen LogP contribution is -2.44. The van der Waals surface area contributed by atoms with Crippen LogP contribution in [0.2, 0.25) is 10.0 Å². The summed E-state index contributed by atoms with van der Waals surface area (Å²) in [6.07, 6.45) is 1.90. The van der Waals surface area contributed by atoms with E-state index in [2.05, 4.69) is 5.32 Å². The fourth-order valence-corrected chi connectivity index (χ4v) is 3.72. The third kappa shape index (κ3) is 2.84. The van der Waals surface area contributed by atoms with Gasteiger partial charge in [-0.05, 0) is 31.9 Å². The van der Waals surface area contributed by atoms with Gasteiger partial charge in [-0.25, -0.2) is 4.79 Å². The van der Waals surface area contributed by atoms with Gasteiger partial charge in [0.05, 0.1) is 0 Å². The van der Waals surface area contributed by atoms with Crippen molar-refractivity contribution in [3.63, 3.8) is 0 Å². The molecule has 0 saturated carbocycles. The van der Waals surface area contributed by atoms with Crippen LogP contribution in [0.3, 0.4) is 0 Å². The van der Waals surface area contributed by atoms with Crippen LogP contribution < -0.4 is 5.32 Å². The Morgan fingerprint density at radius 3 is 2.54 bits per heavy atom. The monoisotopic (exact) mass is 369 g/mol. The predicted octanol–water partition coefficient (Wildman–Crippen LogP) is 2.38. The molecule has 24 heavy (non-hydrogen) atoms. The maximum Gasteiger partial charge on any atom is 0.325 e. The van der Waals surface area contributed by atoms with E-state index in [1.54, 1.807) is 24.0 Å². The molecule has 128 valence electrons. The standard InChI is InChI=1S/C16H17Cl2N3O3/c1-16(11-5-4-10(17)8-12(11)18)14(23)21(15(24)19-16)9-13(22)20-6-2-3-7-20/h4-5,8H,2-3,6-7,9H2,1H3,(H,19,24)/t16-/m0/s1. The van der Waals surface area contributed by atoms with E-state index < -0.39 is 17.5 Å². The van der Waals surface area contributed by atoms with Crippen molar-refractivity contribution in [1.82, 2.24) is 15.1 Å². The maximum absolute atomic E-state index is 12.8. The normalized spacial score (nSPS) is 23.8. The zero-order valence-electron chi connectivity index (χ0n) is 13.1. The van der Waals surface area contributed by atoms with Crippen molar-refractivity contribution in [3.8, 4) is 0 Å². The van der Waals surface area contributed by atoms with Gasteiger partial charge in [0, 0.05) is 28.7 Å². The molecular formula is C16H17Cl2N3O3. The minimum atomic E-state index is -1.32. The van der Waals surface area contributed by atoms with Crippen LogP contribution >= 0.6 is 23.2 Å². The number of nitrogens with one attached hydrogen (secondary N) is 1. The van der Waals surface area contributed by atoms with Gasteiger partial charge in [0.25, 0.3) is 5.91 Å². The second-order valence-electron chi connectivity index (χ2n) is 6.16. The first-order chi connectivity index (χ1) is 11.3. The lowest BCUT2D eigenvalue weighted by atomic mass is 9.92. The van der Waals surface area contributed by atoms with Crippen LogP contribution in [-0.4, -0.2) is 47.3 Å². The molecule has 0 spiro atoms. The van der Waals surface area contributed by atoms with Gasteiger partial charge in [0.15, 0.2) is 0 Å². The van der Waals surface area contributed by atoms with Crippen molar-refractivity contribution in [2.24, 2.45) is 0 Å². The molecule has 6 nitrogen and oxygen atoms in total. The molecule has 4 amide bonds. The average Bonchev–Trinajstić information content (AvgIpc) is 3.11. The molecule has 1 atom stereocenters. The molecule has 2 fully saturated rings. The van der Waals surface area contributed by atoms with Gasteiger partial charge in [-0.1, -0.05) is 29.3 Å². The summed E-state index contributed by atoms with van der Waals surface area (Å²) in [5.41, 5.74) is -0.868. The highest BCUT2D eigenvalue weighted by Gasteiger charge is 2.50. The van der Waals surface area contributed by atoms with Crippen LogP contribution in [0.1, 0.15) is 25.3 Å². The second-order valence-corrected chi connectivity index (χ2v) is 7.00. The molecule has 8 heteroatoms. The number of carbonyl (C=O) groups is 3. The maximum atomic E-state index is 12.8. The number of carbonyl (C=O) groups excluding carboxylic acids is 3. The number of hydrogen-bond donors (Lipinski definition) is 1. The van der Waals surface area contributed by atoms with Crippen molar-refractivity contribution in [2.75, 3.05) is 19.6 Å².